The van der Waals surface area contributed by atoms with Crippen molar-refractivity contribution in [3.05, 3.63) is 52.4 Å². The number of hydrogen-bond donors (Lipinski definition) is 2. The molecule has 2 aromatic heterocycles. The number of nitrogens with zero attached hydrogens (tertiary/aromatic N) is 2. The molecule has 0 saturated heterocycles. The van der Waals surface area contributed by atoms with Crippen molar-refractivity contribution in [3.63, 3.8) is 0 Å². The third-order valence-electron chi connectivity index (χ3n) is 4.14. The lowest BCUT2D eigenvalue weighted by Crippen LogP contribution is -2.27. The first-order chi connectivity index (χ1) is 13.2. The Morgan fingerprint density at radius 1 is 1.07 bits per heavy atom. The van der Waals surface area contributed by atoms with Gasteiger partial charge in [-0.25, -0.2) is 4.98 Å². The largest absolute Gasteiger partial charge is 0.326 e. The summed E-state index contributed by atoms with van der Waals surface area (Å²) in [6, 6.07) is 8.66. The van der Waals surface area contributed by atoms with Gasteiger partial charge in [0, 0.05) is 29.8 Å². The lowest BCUT2D eigenvalue weighted by Gasteiger charge is -2.17. The molecule has 7 nitrogen and oxygen atoms in total. The SMILES string of the molecule is CC(C)(C)C(=O)Nc1ccc(NC(=O)CCn2cnc3sccc3c2=O)cc1. The van der Waals surface area contributed by atoms with Crippen LogP contribution in [0.1, 0.15) is 27.2 Å². The molecule has 0 aliphatic heterocycles. The second kappa shape index (κ2) is 7.93. The number of fused-ring (bicyclic) bond motifs is 1. The average Bonchev–Trinajstić information content (AvgIpc) is 3.11. The Hall–Kier alpha value is -3.00. The fourth-order valence-electron chi connectivity index (χ4n) is 2.45. The number of carbonyl (C=O) groups is 2. The number of anilines is 2. The minimum atomic E-state index is -0.480. The number of hydrogen-bond acceptors (Lipinski definition) is 5. The van der Waals surface area contributed by atoms with Crippen LogP contribution in [-0.4, -0.2) is 21.4 Å². The van der Waals surface area contributed by atoms with E-state index in [0.717, 1.165) is 0 Å². The molecule has 0 saturated carbocycles. The predicted molar refractivity (Wildman–Crippen MR) is 112 cm³/mol. The molecule has 8 heteroatoms. The first-order valence-corrected chi connectivity index (χ1v) is 9.76. The van der Waals surface area contributed by atoms with Gasteiger partial charge in [0.2, 0.25) is 11.8 Å². The Bertz CT molecular complexity index is 1060. The lowest BCUT2D eigenvalue weighted by molar-refractivity contribution is -0.123. The van der Waals surface area contributed by atoms with Gasteiger partial charge in [-0.05, 0) is 35.7 Å². The number of aryl methyl sites for hydroxylation is 1. The Labute approximate surface area is 166 Å². The van der Waals surface area contributed by atoms with E-state index < -0.39 is 5.41 Å². The van der Waals surface area contributed by atoms with E-state index in [9.17, 15) is 14.4 Å². The van der Waals surface area contributed by atoms with Crippen molar-refractivity contribution in [2.75, 3.05) is 10.6 Å². The van der Waals surface area contributed by atoms with E-state index in [1.54, 1.807) is 30.3 Å². The maximum atomic E-state index is 12.3. The van der Waals surface area contributed by atoms with Crippen molar-refractivity contribution in [1.29, 1.82) is 0 Å². The second-order valence-corrected chi connectivity index (χ2v) is 8.36. The molecule has 146 valence electrons. The van der Waals surface area contributed by atoms with Gasteiger partial charge in [-0.3, -0.25) is 19.0 Å². The van der Waals surface area contributed by atoms with E-state index in [-0.39, 0.29) is 30.3 Å². The van der Waals surface area contributed by atoms with E-state index in [0.29, 0.717) is 21.6 Å². The second-order valence-electron chi connectivity index (χ2n) is 7.46. The number of nitrogens with one attached hydrogen (secondary N) is 2. The van der Waals surface area contributed by atoms with Crippen LogP contribution < -0.4 is 16.2 Å². The number of benzene rings is 1. The van der Waals surface area contributed by atoms with Gasteiger partial charge in [-0.1, -0.05) is 20.8 Å². The molecule has 3 rings (SSSR count). The molecular weight excluding hydrogens is 376 g/mol. The minimum absolute atomic E-state index is 0.0778. The first kappa shape index (κ1) is 19.8. The van der Waals surface area contributed by atoms with Crippen molar-refractivity contribution in [1.82, 2.24) is 9.55 Å². The van der Waals surface area contributed by atoms with Gasteiger partial charge in [0.05, 0.1) is 11.7 Å². The molecule has 0 atom stereocenters. The highest BCUT2D eigenvalue weighted by Crippen LogP contribution is 2.19. The molecule has 1 aromatic carbocycles. The molecule has 0 spiro atoms. The van der Waals surface area contributed by atoms with Crippen LogP contribution in [0.15, 0.2) is 46.8 Å². The first-order valence-electron chi connectivity index (χ1n) is 8.88. The van der Waals surface area contributed by atoms with Gasteiger partial charge in [-0.15, -0.1) is 11.3 Å². The summed E-state index contributed by atoms with van der Waals surface area (Å²) in [6.07, 6.45) is 1.63. The fourth-order valence-corrected chi connectivity index (χ4v) is 3.18. The van der Waals surface area contributed by atoms with Gasteiger partial charge >= 0.3 is 0 Å². The summed E-state index contributed by atoms with van der Waals surface area (Å²) in [5.41, 5.74) is 0.668. The van der Waals surface area contributed by atoms with E-state index in [4.69, 9.17) is 0 Å². The van der Waals surface area contributed by atoms with Gasteiger partial charge in [0.1, 0.15) is 4.83 Å². The predicted octanol–water partition coefficient (Wildman–Crippen LogP) is 3.47. The maximum Gasteiger partial charge on any atom is 0.262 e. The standard InChI is InChI=1S/C20H22N4O3S/c1-20(2,3)19(27)23-14-6-4-13(5-7-14)22-16(25)8-10-24-12-21-17-15(18(24)26)9-11-28-17/h4-7,9,11-12H,8,10H2,1-3H3,(H,22,25)(H,23,27). The number of thiophene rings is 1. The van der Waals surface area contributed by atoms with Crippen molar-refractivity contribution in [3.8, 4) is 0 Å². The monoisotopic (exact) mass is 398 g/mol. The number of carbonyl (C=O) groups excluding carboxylic acids is 2. The summed E-state index contributed by atoms with van der Waals surface area (Å²) in [7, 11) is 0. The van der Waals surface area contributed by atoms with Crippen LogP contribution in [0.3, 0.4) is 0 Å². The molecule has 3 aromatic rings. The molecule has 0 unspecified atom stereocenters. The van der Waals surface area contributed by atoms with Crippen LogP contribution >= 0.6 is 11.3 Å². The van der Waals surface area contributed by atoms with Crippen LogP contribution in [0.25, 0.3) is 10.2 Å². The van der Waals surface area contributed by atoms with E-state index in [2.05, 4.69) is 15.6 Å². The average molecular weight is 398 g/mol. The van der Waals surface area contributed by atoms with Crippen LogP contribution in [0.4, 0.5) is 11.4 Å². The molecule has 0 radical (unpaired) electrons. The Kier molecular flexibility index (Phi) is 5.60. The summed E-state index contributed by atoms with van der Waals surface area (Å²) in [4.78, 5) is 41.4. The van der Waals surface area contributed by atoms with Gasteiger partial charge < -0.3 is 10.6 Å². The summed E-state index contributed by atoms with van der Waals surface area (Å²) >= 11 is 1.41. The molecule has 0 fully saturated rings. The highest BCUT2D eigenvalue weighted by atomic mass is 32.1. The third kappa shape index (κ3) is 4.64. The Morgan fingerprint density at radius 3 is 2.36 bits per heavy atom. The van der Waals surface area contributed by atoms with Crippen LogP contribution in [0.5, 0.6) is 0 Å². The summed E-state index contributed by atoms with van der Waals surface area (Å²) in [5, 5.41) is 8.01. The topological polar surface area (TPSA) is 93.1 Å². The molecular formula is C20H22N4O3S. The number of aromatic nitrogens is 2. The summed E-state index contributed by atoms with van der Waals surface area (Å²) < 4.78 is 1.44. The smallest absolute Gasteiger partial charge is 0.262 e. The minimum Gasteiger partial charge on any atom is -0.326 e. The van der Waals surface area contributed by atoms with Gasteiger partial charge in [0.25, 0.3) is 5.56 Å². The van der Waals surface area contributed by atoms with Crippen LogP contribution in [0, 0.1) is 5.41 Å². The zero-order valence-corrected chi connectivity index (χ0v) is 16.8. The fraction of sp³-hybridized carbons (Fsp3) is 0.300. The van der Waals surface area contributed by atoms with Gasteiger partial charge in [0.15, 0.2) is 0 Å². The van der Waals surface area contributed by atoms with Crippen molar-refractivity contribution in [2.45, 2.75) is 33.7 Å². The van der Waals surface area contributed by atoms with Crippen molar-refractivity contribution >= 4 is 44.7 Å². The molecule has 0 aliphatic rings. The maximum absolute atomic E-state index is 12.3. The molecule has 28 heavy (non-hydrogen) atoms. The third-order valence-corrected chi connectivity index (χ3v) is 4.96. The van der Waals surface area contributed by atoms with Crippen LogP contribution in [-0.2, 0) is 16.1 Å². The highest BCUT2D eigenvalue weighted by Gasteiger charge is 2.21. The van der Waals surface area contributed by atoms with Crippen molar-refractivity contribution < 1.29 is 9.59 Å². The summed E-state index contributed by atoms with van der Waals surface area (Å²) in [6.45, 7) is 5.78. The molecule has 0 bridgehead atoms. The number of amides is 2. The molecule has 0 aliphatic carbocycles. The zero-order valence-electron chi connectivity index (χ0n) is 16.0. The van der Waals surface area contributed by atoms with Crippen molar-refractivity contribution in [2.24, 2.45) is 5.41 Å². The van der Waals surface area contributed by atoms with Gasteiger partial charge in [-0.2, -0.15) is 0 Å². The normalized spacial score (nSPS) is 11.4. The highest BCUT2D eigenvalue weighted by molar-refractivity contribution is 7.16. The van der Waals surface area contributed by atoms with E-state index in [1.165, 1.54) is 22.2 Å². The van der Waals surface area contributed by atoms with Crippen LogP contribution in [0.2, 0.25) is 0 Å². The quantitative estimate of drug-likeness (QED) is 0.688. The number of rotatable bonds is 5. The Morgan fingerprint density at radius 2 is 1.71 bits per heavy atom. The summed E-state index contributed by atoms with van der Waals surface area (Å²) in [5.74, 6) is -0.283. The molecule has 2 N–H and O–H groups in total. The lowest BCUT2D eigenvalue weighted by atomic mass is 9.95. The molecule has 2 amide bonds. The van der Waals surface area contributed by atoms with E-state index >= 15 is 0 Å². The van der Waals surface area contributed by atoms with E-state index in [1.807, 2.05) is 26.2 Å². The Balaban J connectivity index is 1.56. The zero-order chi connectivity index (χ0) is 20.3. The molecule has 2 heterocycles.